The number of benzene rings is 1. The number of methoxy groups -OCH3 is 1. The Hall–Kier alpha value is -1.15. The summed E-state index contributed by atoms with van der Waals surface area (Å²) in [6.45, 7) is 0.526. The van der Waals surface area contributed by atoms with Crippen molar-refractivity contribution in [3.63, 3.8) is 0 Å². The molecule has 0 spiro atoms. The first-order valence-electron chi connectivity index (χ1n) is 11.1. The molecule has 0 radical (unpaired) electrons. The number of hydrogen-bond acceptors (Lipinski definition) is 1. The van der Waals surface area contributed by atoms with E-state index in [-0.39, 0.29) is 6.67 Å². The van der Waals surface area contributed by atoms with Crippen molar-refractivity contribution in [1.82, 2.24) is 0 Å². The molecular weight excluding hydrogens is 335 g/mol. The van der Waals surface area contributed by atoms with E-state index in [0.717, 1.165) is 30.1 Å². The lowest BCUT2D eigenvalue weighted by atomic mass is 9.68. The average Bonchev–Trinajstić information content (AvgIpc) is 2.73. The van der Waals surface area contributed by atoms with Crippen LogP contribution in [-0.2, 0) is 11.3 Å². The van der Waals surface area contributed by atoms with Crippen LogP contribution in [-0.4, -0.2) is 13.8 Å². The fourth-order valence-corrected chi connectivity index (χ4v) is 5.27. The molecule has 2 aliphatic rings. The third kappa shape index (κ3) is 6.17. The predicted molar refractivity (Wildman–Crippen MR) is 112 cm³/mol. The summed E-state index contributed by atoms with van der Waals surface area (Å²) in [7, 11) is 1.76. The molecule has 0 saturated heterocycles. The molecule has 0 heterocycles. The Labute approximate surface area is 165 Å². The molecule has 0 amide bonds. The van der Waals surface area contributed by atoms with Crippen LogP contribution in [0.15, 0.2) is 36.4 Å². The van der Waals surface area contributed by atoms with Crippen LogP contribution < -0.4 is 0 Å². The van der Waals surface area contributed by atoms with Crippen molar-refractivity contribution < 1.29 is 9.13 Å². The third-order valence-electron chi connectivity index (χ3n) is 6.93. The monoisotopic (exact) mass is 372 g/mol. The Kier molecular flexibility index (Phi) is 8.38. The smallest absolute Gasteiger partial charge is 0.0897 e. The zero-order valence-corrected chi connectivity index (χ0v) is 17.0. The molecule has 0 aliphatic heterocycles. The molecule has 0 bridgehead atoms. The Morgan fingerprint density at radius 1 is 0.926 bits per heavy atom. The van der Waals surface area contributed by atoms with Gasteiger partial charge in [-0.25, -0.2) is 0 Å². The van der Waals surface area contributed by atoms with E-state index in [1.807, 2.05) is 0 Å². The number of hydrogen-bond donors (Lipinski definition) is 0. The van der Waals surface area contributed by atoms with E-state index in [1.54, 1.807) is 7.11 Å². The maximum atomic E-state index is 12.2. The average molecular weight is 373 g/mol. The quantitative estimate of drug-likeness (QED) is 0.346. The van der Waals surface area contributed by atoms with Gasteiger partial charge in [0.05, 0.1) is 13.3 Å². The van der Waals surface area contributed by atoms with Gasteiger partial charge in [0.15, 0.2) is 0 Å². The van der Waals surface area contributed by atoms with Crippen molar-refractivity contribution >= 4 is 0 Å². The van der Waals surface area contributed by atoms with Crippen LogP contribution in [0.3, 0.4) is 0 Å². The highest BCUT2D eigenvalue weighted by Crippen LogP contribution is 2.44. The van der Waals surface area contributed by atoms with E-state index in [2.05, 4.69) is 36.4 Å². The summed E-state index contributed by atoms with van der Waals surface area (Å²) in [4.78, 5) is 0. The lowest BCUT2D eigenvalue weighted by molar-refractivity contribution is 0.171. The summed E-state index contributed by atoms with van der Waals surface area (Å²) >= 11 is 0. The molecule has 2 heteroatoms. The van der Waals surface area contributed by atoms with Gasteiger partial charge < -0.3 is 4.74 Å². The maximum Gasteiger partial charge on any atom is 0.0897 e. The minimum Gasteiger partial charge on any atom is -0.380 e. The summed E-state index contributed by atoms with van der Waals surface area (Å²) in [5.41, 5.74) is 2.79. The van der Waals surface area contributed by atoms with Gasteiger partial charge in [-0.05, 0) is 99.0 Å². The molecule has 0 aromatic heterocycles. The SMILES string of the molecule is COCc1ccc(C2CCC([C@H]3CC[C@H](/C=C/CCCF)CC3)CC2)cc1. The summed E-state index contributed by atoms with van der Waals surface area (Å²) < 4.78 is 17.4. The number of ether oxygens (including phenoxy) is 1. The van der Waals surface area contributed by atoms with Crippen LogP contribution in [0.25, 0.3) is 0 Å². The van der Waals surface area contributed by atoms with Gasteiger partial charge in [-0.1, -0.05) is 36.4 Å². The second kappa shape index (κ2) is 11.0. The van der Waals surface area contributed by atoms with Gasteiger partial charge in [0.25, 0.3) is 0 Å². The van der Waals surface area contributed by atoms with E-state index in [4.69, 9.17) is 4.74 Å². The van der Waals surface area contributed by atoms with Crippen molar-refractivity contribution in [3.05, 3.63) is 47.5 Å². The van der Waals surface area contributed by atoms with E-state index in [1.165, 1.54) is 62.5 Å². The molecule has 0 N–H and O–H groups in total. The molecule has 2 fully saturated rings. The highest BCUT2D eigenvalue weighted by molar-refractivity contribution is 5.25. The second-order valence-electron chi connectivity index (χ2n) is 8.72. The predicted octanol–water partition coefficient (Wildman–Crippen LogP) is 7.22. The van der Waals surface area contributed by atoms with E-state index in [0.29, 0.717) is 13.0 Å². The van der Waals surface area contributed by atoms with Crippen LogP contribution in [0.1, 0.15) is 81.3 Å². The standard InChI is InChI=1S/C25H37FO/c1-27-19-21-8-12-23(13-9-21)25-16-14-24(15-17-25)22-10-6-20(7-11-22)5-3-2-4-18-26/h3,5,8-9,12-13,20,22,24-25H,2,4,6-7,10-11,14-19H2,1H3/b5-3+/t20-,22-,24?,25?. The van der Waals surface area contributed by atoms with Crippen LogP contribution in [0.5, 0.6) is 0 Å². The van der Waals surface area contributed by atoms with Crippen molar-refractivity contribution in [1.29, 1.82) is 0 Å². The second-order valence-corrected chi connectivity index (χ2v) is 8.72. The van der Waals surface area contributed by atoms with Gasteiger partial charge in [-0.2, -0.15) is 0 Å². The van der Waals surface area contributed by atoms with Crippen molar-refractivity contribution in [2.24, 2.45) is 17.8 Å². The molecule has 27 heavy (non-hydrogen) atoms. The van der Waals surface area contributed by atoms with E-state index in [9.17, 15) is 4.39 Å². The first-order valence-corrected chi connectivity index (χ1v) is 11.1. The Morgan fingerprint density at radius 2 is 1.56 bits per heavy atom. The highest BCUT2D eigenvalue weighted by atomic mass is 19.1. The maximum absolute atomic E-state index is 12.2. The molecule has 150 valence electrons. The molecule has 2 saturated carbocycles. The van der Waals surface area contributed by atoms with Gasteiger partial charge in [0.1, 0.15) is 0 Å². The normalized spacial score (nSPS) is 29.3. The molecule has 1 nitrogen and oxygen atoms in total. The number of allylic oxidation sites excluding steroid dienone is 2. The zero-order valence-electron chi connectivity index (χ0n) is 17.0. The minimum atomic E-state index is -0.183. The summed E-state index contributed by atoms with van der Waals surface area (Å²) in [5, 5.41) is 0. The van der Waals surface area contributed by atoms with Crippen molar-refractivity contribution in [2.75, 3.05) is 13.8 Å². The fraction of sp³-hybridized carbons (Fsp3) is 0.680. The van der Waals surface area contributed by atoms with Crippen LogP contribution in [0, 0.1) is 17.8 Å². The van der Waals surface area contributed by atoms with Gasteiger partial charge in [-0.3, -0.25) is 4.39 Å². The molecule has 2 aliphatic carbocycles. The molecular formula is C25H37FO. The summed E-state index contributed by atoms with van der Waals surface area (Å²) in [6, 6.07) is 9.10. The van der Waals surface area contributed by atoms with Gasteiger partial charge in [0, 0.05) is 7.11 Å². The number of alkyl halides is 1. The summed E-state index contributed by atoms with van der Waals surface area (Å²) in [6.07, 6.45) is 17.2. The molecule has 0 unspecified atom stereocenters. The largest absolute Gasteiger partial charge is 0.380 e. The van der Waals surface area contributed by atoms with Crippen LogP contribution >= 0.6 is 0 Å². The Morgan fingerprint density at radius 3 is 2.15 bits per heavy atom. The van der Waals surface area contributed by atoms with E-state index < -0.39 is 0 Å². The topological polar surface area (TPSA) is 9.23 Å². The fourth-order valence-electron chi connectivity index (χ4n) is 5.27. The number of rotatable bonds is 8. The Balaban J connectivity index is 1.40. The molecule has 1 aromatic rings. The first kappa shape index (κ1) is 20.6. The van der Waals surface area contributed by atoms with Crippen LogP contribution in [0.4, 0.5) is 4.39 Å². The van der Waals surface area contributed by atoms with Crippen LogP contribution in [0.2, 0.25) is 0 Å². The molecule has 1 aromatic carbocycles. The first-order chi connectivity index (χ1) is 13.3. The zero-order chi connectivity index (χ0) is 18.9. The van der Waals surface area contributed by atoms with Gasteiger partial charge in [-0.15, -0.1) is 0 Å². The highest BCUT2D eigenvalue weighted by Gasteiger charge is 2.30. The lowest BCUT2D eigenvalue weighted by Crippen LogP contribution is -2.25. The molecule has 3 rings (SSSR count). The number of unbranched alkanes of at least 4 members (excludes halogenated alkanes) is 1. The van der Waals surface area contributed by atoms with Gasteiger partial charge in [0.2, 0.25) is 0 Å². The van der Waals surface area contributed by atoms with Crippen molar-refractivity contribution in [2.45, 2.75) is 76.7 Å². The molecule has 0 atom stereocenters. The van der Waals surface area contributed by atoms with E-state index >= 15 is 0 Å². The summed E-state index contributed by atoms with van der Waals surface area (Å²) in [5.74, 6) is 3.41. The minimum absolute atomic E-state index is 0.183. The number of halogens is 1. The third-order valence-corrected chi connectivity index (χ3v) is 6.93. The van der Waals surface area contributed by atoms with Crippen molar-refractivity contribution in [3.8, 4) is 0 Å². The Bertz CT molecular complexity index is 548. The van der Waals surface area contributed by atoms with Gasteiger partial charge >= 0.3 is 0 Å². The lowest BCUT2D eigenvalue weighted by Gasteiger charge is -2.37.